The van der Waals surface area contributed by atoms with Gasteiger partial charge in [-0.15, -0.1) is 0 Å². The molecule has 0 radical (unpaired) electrons. The summed E-state index contributed by atoms with van der Waals surface area (Å²) in [5.74, 6) is 0. The molecule has 2 rings (SSSR count). The molecule has 0 saturated heterocycles. The van der Waals surface area contributed by atoms with Crippen LogP contribution in [0.25, 0.3) is 0 Å². The fourth-order valence-electron chi connectivity index (χ4n) is 1.01. The number of thiophene rings is 1. The minimum atomic E-state index is -3.30. The lowest BCUT2D eigenvalue weighted by atomic mass is 10.7. The summed E-state index contributed by atoms with van der Waals surface area (Å²) in [7, 11) is -3.30. The maximum atomic E-state index is 11.7. The number of H-pyrrole nitrogens is 1. The van der Waals surface area contributed by atoms with Gasteiger partial charge in [0.2, 0.25) is 9.84 Å². The summed E-state index contributed by atoms with van der Waals surface area (Å²) in [4.78, 5) is 3.03. The second-order valence-corrected chi connectivity index (χ2v) is 5.19. The van der Waals surface area contributed by atoms with Gasteiger partial charge >= 0.3 is 0 Å². The monoisotopic (exact) mass is 213 g/mol. The number of hydrogen-bond donors (Lipinski definition) is 1. The van der Waals surface area contributed by atoms with E-state index in [-0.39, 0.29) is 5.03 Å². The van der Waals surface area contributed by atoms with E-state index in [1.165, 1.54) is 11.3 Å². The molecule has 0 saturated carbocycles. The fraction of sp³-hybridized carbons (Fsp3) is 0. The van der Waals surface area contributed by atoms with Gasteiger partial charge in [0.1, 0.15) is 5.03 Å². The molecular formula is C8H7NO2S2. The van der Waals surface area contributed by atoms with Gasteiger partial charge in [-0.1, -0.05) is 0 Å². The van der Waals surface area contributed by atoms with Crippen LogP contribution in [-0.4, -0.2) is 13.4 Å². The molecule has 0 atom stereocenters. The second kappa shape index (κ2) is 3.01. The Kier molecular flexibility index (Phi) is 1.97. The Labute approximate surface area is 80.0 Å². The maximum absolute atomic E-state index is 11.7. The molecule has 0 spiro atoms. The Hall–Kier alpha value is -1.07. The van der Waals surface area contributed by atoms with E-state index in [1.807, 2.05) is 0 Å². The first kappa shape index (κ1) is 8.52. The van der Waals surface area contributed by atoms with Gasteiger partial charge in [0.05, 0.1) is 4.90 Å². The van der Waals surface area contributed by atoms with Crippen LogP contribution in [0.15, 0.2) is 45.1 Å². The molecule has 2 heterocycles. The highest BCUT2D eigenvalue weighted by atomic mass is 32.2. The predicted octanol–water partition coefficient (Wildman–Crippen LogP) is 1.91. The maximum Gasteiger partial charge on any atom is 0.222 e. The van der Waals surface area contributed by atoms with Crippen LogP contribution in [0, 0.1) is 0 Å². The van der Waals surface area contributed by atoms with Crippen molar-refractivity contribution < 1.29 is 8.42 Å². The Morgan fingerprint density at radius 1 is 1.31 bits per heavy atom. The van der Waals surface area contributed by atoms with Crippen molar-refractivity contribution in [2.45, 2.75) is 9.92 Å². The van der Waals surface area contributed by atoms with Gasteiger partial charge in [-0.3, -0.25) is 0 Å². The van der Waals surface area contributed by atoms with E-state index in [0.29, 0.717) is 4.90 Å². The third-order valence-electron chi connectivity index (χ3n) is 1.66. The molecule has 0 amide bonds. The topological polar surface area (TPSA) is 49.9 Å². The average Bonchev–Trinajstić information content (AvgIpc) is 2.78. The van der Waals surface area contributed by atoms with Crippen molar-refractivity contribution in [3.8, 4) is 0 Å². The molecule has 5 heteroatoms. The Balaban J connectivity index is 2.56. The van der Waals surface area contributed by atoms with E-state index in [2.05, 4.69) is 4.98 Å². The number of sulfone groups is 1. The first-order chi connectivity index (χ1) is 6.21. The molecule has 68 valence electrons. The zero-order chi connectivity index (χ0) is 9.31. The van der Waals surface area contributed by atoms with Gasteiger partial charge in [-0.2, -0.15) is 11.3 Å². The smallest absolute Gasteiger partial charge is 0.222 e. The summed E-state index contributed by atoms with van der Waals surface area (Å²) in [5.41, 5.74) is 0. The van der Waals surface area contributed by atoms with Crippen LogP contribution in [0.4, 0.5) is 0 Å². The minimum absolute atomic E-state index is 0.242. The number of nitrogens with one attached hydrogen (secondary N) is 1. The fourth-order valence-corrected chi connectivity index (χ4v) is 3.27. The van der Waals surface area contributed by atoms with Crippen molar-refractivity contribution in [2.24, 2.45) is 0 Å². The minimum Gasteiger partial charge on any atom is -0.352 e. The molecule has 2 aromatic heterocycles. The van der Waals surface area contributed by atoms with Crippen molar-refractivity contribution in [1.82, 2.24) is 4.98 Å². The van der Waals surface area contributed by atoms with E-state index in [4.69, 9.17) is 0 Å². The Morgan fingerprint density at radius 2 is 2.15 bits per heavy atom. The predicted molar refractivity (Wildman–Crippen MR) is 50.6 cm³/mol. The quantitative estimate of drug-likeness (QED) is 0.828. The van der Waals surface area contributed by atoms with Gasteiger partial charge in [-0.25, -0.2) is 8.42 Å². The average molecular weight is 213 g/mol. The van der Waals surface area contributed by atoms with Crippen LogP contribution >= 0.6 is 11.3 Å². The normalized spacial score (nSPS) is 11.7. The molecule has 0 aliphatic carbocycles. The van der Waals surface area contributed by atoms with Gasteiger partial charge in [0.25, 0.3) is 0 Å². The highest BCUT2D eigenvalue weighted by Crippen LogP contribution is 2.20. The lowest BCUT2D eigenvalue weighted by molar-refractivity contribution is 0.593. The zero-order valence-electron chi connectivity index (χ0n) is 6.60. The SMILES string of the molecule is O=S(=O)(c1ccsc1)c1ccc[nH]1. The molecule has 13 heavy (non-hydrogen) atoms. The zero-order valence-corrected chi connectivity index (χ0v) is 8.23. The molecule has 1 N–H and O–H groups in total. The summed E-state index contributed by atoms with van der Waals surface area (Å²) in [6, 6.07) is 4.81. The largest absolute Gasteiger partial charge is 0.352 e. The molecule has 0 aliphatic heterocycles. The molecule has 0 bridgehead atoms. The van der Waals surface area contributed by atoms with E-state index in [1.54, 1.807) is 35.2 Å². The van der Waals surface area contributed by atoms with Crippen LogP contribution in [0.1, 0.15) is 0 Å². The first-order valence-electron chi connectivity index (χ1n) is 3.62. The molecule has 0 unspecified atom stereocenters. The highest BCUT2D eigenvalue weighted by molar-refractivity contribution is 7.91. The van der Waals surface area contributed by atoms with Gasteiger partial charge in [0, 0.05) is 11.6 Å². The van der Waals surface area contributed by atoms with Crippen LogP contribution in [0.2, 0.25) is 0 Å². The van der Waals surface area contributed by atoms with E-state index in [0.717, 1.165) is 0 Å². The van der Waals surface area contributed by atoms with Gasteiger partial charge in [0.15, 0.2) is 0 Å². The highest BCUT2D eigenvalue weighted by Gasteiger charge is 2.17. The van der Waals surface area contributed by atoms with Crippen LogP contribution in [0.3, 0.4) is 0 Å². The van der Waals surface area contributed by atoms with Crippen molar-refractivity contribution in [3.05, 3.63) is 35.2 Å². The van der Waals surface area contributed by atoms with Gasteiger partial charge in [-0.05, 0) is 23.6 Å². The van der Waals surface area contributed by atoms with Gasteiger partial charge < -0.3 is 4.98 Å². The number of hydrogen-bond acceptors (Lipinski definition) is 3. The third kappa shape index (κ3) is 1.40. The van der Waals surface area contributed by atoms with Crippen LogP contribution in [-0.2, 0) is 9.84 Å². The molecule has 0 fully saturated rings. The summed E-state index contributed by atoms with van der Waals surface area (Å²) in [5, 5.41) is 3.61. The van der Waals surface area contributed by atoms with Crippen molar-refractivity contribution >= 4 is 21.2 Å². The molecule has 0 aromatic carbocycles. The standard InChI is InChI=1S/C8H7NO2S2/c10-13(11,7-3-5-12-6-7)8-2-1-4-9-8/h1-6,9H. The summed E-state index contributed by atoms with van der Waals surface area (Å²) in [6.07, 6.45) is 1.60. The summed E-state index contributed by atoms with van der Waals surface area (Å²) >= 11 is 1.37. The molecule has 0 aliphatic rings. The lowest BCUT2D eigenvalue weighted by Gasteiger charge is -1.96. The van der Waals surface area contributed by atoms with E-state index in [9.17, 15) is 8.42 Å². The van der Waals surface area contributed by atoms with E-state index >= 15 is 0 Å². The Morgan fingerprint density at radius 3 is 2.69 bits per heavy atom. The summed E-state index contributed by atoms with van der Waals surface area (Å²) in [6.45, 7) is 0. The molecular weight excluding hydrogens is 206 g/mol. The third-order valence-corrected chi connectivity index (χ3v) is 4.20. The number of aromatic amines is 1. The number of rotatable bonds is 2. The van der Waals surface area contributed by atoms with Crippen molar-refractivity contribution in [1.29, 1.82) is 0 Å². The number of aromatic nitrogens is 1. The molecule has 3 nitrogen and oxygen atoms in total. The van der Waals surface area contributed by atoms with E-state index < -0.39 is 9.84 Å². The second-order valence-electron chi connectivity index (χ2n) is 2.50. The van der Waals surface area contributed by atoms with Crippen molar-refractivity contribution in [2.75, 3.05) is 0 Å². The lowest BCUT2D eigenvalue weighted by Crippen LogP contribution is -2.00. The van der Waals surface area contributed by atoms with Crippen LogP contribution in [0.5, 0.6) is 0 Å². The Bertz CT molecular complexity index is 428. The molecule has 2 aromatic rings. The first-order valence-corrected chi connectivity index (χ1v) is 6.04. The van der Waals surface area contributed by atoms with Crippen molar-refractivity contribution in [3.63, 3.8) is 0 Å². The summed E-state index contributed by atoms with van der Waals surface area (Å²) < 4.78 is 23.5. The van der Waals surface area contributed by atoms with Crippen LogP contribution < -0.4 is 0 Å².